The van der Waals surface area contributed by atoms with E-state index in [4.69, 9.17) is 0 Å². The monoisotopic (exact) mass is 212 g/mol. The molecule has 0 heterocycles. The van der Waals surface area contributed by atoms with Gasteiger partial charge >= 0.3 is 0 Å². The molecule has 0 aliphatic heterocycles. The SMILES string of the molecule is CC(C)C(=O)NCCCNC1CCCC1. The summed E-state index contributed by atoms with van der Waals surface area (Å²) in [4.78, 5) is 11.2. The van der Waals surface area contributed by atoms with Crippen molar-refractivity contribution < 1.29 is 4.79 Å². The summed E-state index contributed by atoms with van der Waals surface area (Å²) < 4.78 is 0. The number of carbonyl (C=O) groups is 1. The molecular formula is C12H24N2O. The Bertz CT molecular complexity index is 186. The molecule has 0 saturated heterocycles. The maximum Gasteiger partial charge on any atom is 0.222 e. The summed E-state index contributed by atoms with van der Waals surface area (Å²) in [5, 5.41) is 6.46. The molecule has 15 heavy (non-hydrogen) atoms. The largest absolute Gasteiger partial charge is 0.356 e. The Morgan fingerprint density at radius 1 is 1.27 bits per heavy atom. The van der Waals surface area contributed by atoms with Crippen LogP contribution >= 0.6 is 0 Å². The zero-order valence-electron chi connectivity index (χ0n) is 10.0. The first-order chi connectivity index (χ1) is 7.20. The van der Waals surface area contributed by atoms with E-state index in [-0.39, 0.29) is 11.8 Å². The third-order valence-corrected chi connectivity index (χ3v) is 2.97. The van der Waals surface area contributed by atoms with Crippen molar-refractivity contribution in [3.8, 4) is 0 Å². The van der Waals surface area contributed by atoms with Crippen LogP contribution < -0.4 is 10.6 Å². The highest BCUT2D eigenvalue weighted by molar-refractivity contribution is 5.77. The van der Waals surface area contributed by atoms with E-state index in [2.05, 4.69) is 10.6 Å². The minimum atomic E-state index is 0.104. The molecule has 1 aliphatic rings. The van der Waals surface area contributed by atoms with Crippen molar-refractivity contribution in [3.63, 3.8) is 0 Å². The highest BCUT2D eigenvalue weighted by Gasteiger charge is 2.13. The lowest BCUT2D eigenvalue weighted by Gasteiger charge is -2.12. The highest BCUT2D eigenvalue weighted by Crippen LogP contribution is 2.17. The molecule has 0 atom stereocenters. The number of carbonyl (C=O) groups excluding carboxylic acids is 1. The molecular weight excluding hydrogens is 188 g/mol. The van der Waals surface area contributed by atoms with Crippen LogP contribution in [0.25, 0.3) is 0 Å². The molecule has 0 bridgehead atoms. The van der Waals surface area contributed by atoms with Crippen LogP contribution in [0, 0.1) is 5.92 Å². The van der Waals surface area contributed by atoms with Gasteiger partial charge in [-0.2, -0.15) is 0 Å². The molecule has 1 fully saturated rings. The van der Waals surface area contributed by atoms with Crippen molar-refractivity contribution >= 4 is 5.91 Å². The molecule has 1 aliphatic carbocycles. The zero-order chi connectivity index (χ0) is 11.1. The van der Waals surface area contributed by atoms with E-state index < -0.39 is 0 Å². The second-order valence-electron chi connectivity index (χ2n) is 4.73. The Labute approximate surface area is 93.0 Å². The third-order valence-electron chi connectivity index (χ3n) is 2.97. The van der Waals surface area contributed by atoms with Gasteiger partial charge in [-0.05, 0) is 25.8 Å². The topological polar surface area (TPSA) is 41.1 Å². The van der Waals surface area contributed by atoms with Crippen molar-refractivity contribution in [1.29, 1.82) is 0 Å². The van der Waals surface area contributed by atoms with Crippen LogP contribution in [0.5, 0.6) is 0 Å². The molecule has 0 aromatic heterocycles. The highest BCUT2D eigenvalue weighted by atomic mass is 16.1. The van der Waals surface area contributed by atoms with Gasteiger partial charge in [0.2, 0.25) is 5.91 Å². The van der Waals surface area contributed by atoms with E-state index >= 15 is 0 Å². The van der Waals surface area contributed by atoms with Crippen molar-refractivity contribution in [1.82, 2.24) is 10.6 Å². The molecule has 3 heteroatoms. The average Bonchev–Trinajstić information content (AvgIpc) is 2.69. The van der Waals surface area contributed by atoms with E-state index in [1.807, 2.05) is 13.8 Å². The van der Waals surface area contributed by atoms with Gasteiger partial charge < -0.3 is 10.6 Å². The van der Waals surface area contributed by atoms with Crippen molar-refractivity contribution in [3.05, 3.63) is 0 Å². The fraction of sp³-hybridized carbons (Fsp3) is 0.917. The Kier molecular flexibility index (Phi) is 5.69. The second kappa shape index (κ2) is 6.83. The molecule has 1 amide bonds. The van der Waals surface area contributed by atoms with Crippen molar-refractivity contribution in [2.45, 2.75) is 52.0 Å². The van der Waals surface area contributed by atoms with Gasteiger partial charge in [0.25, 0.3) is 0 Å². The number of hydrogen-bond acceptors (Lipinski definition) is 2. The first kappa shape index (κ1) is 12.5. The summed E-state index contributed by atoms with van der Waals surface area (Å²) in [5.41, 5.74) is 0. The molecule has 2 N–H and O–H groups in total. The van der Waals surface area contributed by atoms with Gasteiger partial charge in [-0.3, -0.25) is 4.79 Å². The first-order valence-corrected chi connectivity index (χ1v) is 6.21. The van der Waals surface area contributed by atoms with Gasteiger partial charge in [0.05, 0.1) is 0 Å². The average molecular weight is 212 g/mol. The van der Waals surface area contributed by atoms with Crippen LogP contribution in [0.4, 0.5) is 0 Å². The Morgan fingerprint density at radius 3 is 2.53 bits per heavy atom. The smallest absolute Gasteiger partial charge is 0.222 e. The van der Waals surface area contributed by atoms with Gasteiger partial charge in [-0.15, -0.1) is 0 Å². The minimum Gasteiger partial charge on any atom is -0.356 e. The number of rotatable bonds is 6. The van der Waals surface area contributed by atoms with E-state index in [0.717, 1.165) is 25.6 Å². The van der Waals surface area contributed by atoms with Crippen LogP contribution in [0.1, 0.15) is 46.0 Å². The summed E-state index contributed by atoms with van der Waals surface area (Å²) in [6.07, 6.45) is 6.45. The van der Waals surface area contributed by atoms with E-state index in [1.165, 1.54) is 25.7 Å². The summed E-state index contributed by atoms with van der Waals surface area (Å²) in [6, 6.07) is 0.741. The van der Waals surface area contributed by atoms with Crippen LogP contribution in [-0.2, 0) is 4.79 Å². The molecule has 1 saturated carbocycles. The van der Waals surface area contributed by atoms with Gasteiger partial charge in [0.15, 0.2) is 0 Å². The van der Waals surface area contributed by atoms with Crippen LogP contribution in [0.3, 0.4) is 0 Å². The summed E-state index contributed by atoms with van der Waals surface area (Å²) >= 11 is 0. The minimum absolute atomic E-state index is 0.104. The molecule has 88 valence electrons. The van der Waals surface area contributed by atoms with E-state index in [9.17, 15) is 4.79 Å². The predicted octanol–water partition coefficient (Wildman–Crippen LogP) is 1.68. The summed E-state index contributed by atoms with van der Waals surface area (Å²) in [7, 11) is 0. The molecule has 0 radical (unpaired) electrons. The molecule has 0 aromatic carbocycles. The molecule has 0 aromatic rings. The fourth-order valence-electron chi connectivity index (χ4n) is 1.94. The quantitative estimate of drug-likeness (QED) is 0.658. The third kappa shape index (κ3) is 5.17. The second-order valence-corrected chi connectivity index (χ2v) is 4.73. The Balaban J connectivity index is 1.90. The number of hydrogen-bond donors (Lipinski definition) is 2. The Morgan fingerprint density at radius 2 is 1.93 bits per heavy atom. The lowest BCUT2D eigenvalue weighted by Crippen LogP contribution is -2.32. The van der Waals surface area contributed by atoms with Gasteiger partial charge in [0.1, 0.15) is 0 Å². The zero-order valence-corrected chi connectivity index (χ0v) is 10.0. The summed E-state index contributed by atoms with van der Waals surface area (Å²) in [6.45, 7) is 5.68. The van der Waals surface area contributed by atoms with Crippen LogP contribution in [0.2, 0.25) is 0 Å². The maximum atomic E-state index is 11.2. The van der Waals surface area contributed by atoms with Gasteiger partial charge in [-0.25, -0.2) is 0 Å². The molecule has 0 unspecified atom stereocenters. The van der Waals surface area contributed by atoms with Crippen LogP contribution in [-0.4, -0.2) is 25.0 Å². The van der Waals surface area contributed by atoms with Crippen molar-refractivity contribution in [2.75, 3.05) is 13.1 Å². The number of nitrogens with one attached hydrogen (secondary N) is 2. The van der Waals surface area contributed by atoms with E-state index in [0.29, 0.717) is 0 Å². The van der Waals surface area contributed by atoms with Crippen LogP contribution in [0.15, 0.2) is 0 Å². The molecule has 1 rings (SSSR count). The van der Waals surface area contributed by atoms with Crippen molar-refractivity contribution in [2.24, 2.45) is 5.92 Å². The van der Waals surface area contributed by atoms with Gasteiger partial charge in [-0.1, -0.05) is 26.7 Å². The first-order valence-electron chi connectivity index (χ1n) is 6.21. The standard InChI is InChI=1S/C12H24N2O/c1-10(2)12(15)14-9-5-8-13-11-6-3-4-7-11/h10-11,13H,3-9H2,1-2H3,(H,14,15). The molecule has 0 spiro atoms. The summed E-state index contributed by atoms with van der Waals surface area (Å²) in [5.74, 6) is 0.267. The lowest BCUT2D eigenvalue weighted by molar-refractivity contribution is -0.123. The normalized spacial score (nSPS) is 17.3. The number of amides is 1. The Hall–Kier alpha value is -0.570. The molecule has 3 nitrogen and oxygen atoms in total. The van der Waals surface area contributed by atoms with E-state index in [1.54, 1.807) is 0 Å². The fourth-order valence-corrected chi connectivity index (χ4v) is 1.94. The lowest BCUT2D eigenvalue weighted by atomic mass is 10.2. The van der Waals surface area contributed by atoms with Gasteiger partial charge in [0, 0.05) is 18.5 Å². The maximum absolute atomic E-state index is 11.2. The predicted molar refractivity (Wildman–Crippen MR) is 62.7 cm³/mol.